The Bertz CT molecular complexity index is 631. The van der Waals surface area contributed by atoms with Crippen LogP contribution in [0.15, 0.2) is 18.2 Å². The highest BCUT2D eigenvalue weighted by Crippen LogP contribution is 2.33. The fourth-order valence-electron chi connectivity index (χ4n) is 2.75. The lowest BCUT2D eigenvalue weighted by Crippen LogP contribution is -2.55. The van der Waals surface area contributed by atoms with Crippen molar-refractivity contribution in [1.82, 2.24) is 5.32 Å². The molecule has 1 saturated heterocycles. The summed E-state index contributed by atoms with van der Waals surface area (Å²) in [4.78, 5) is 26.0. The van der Waals surface area contributed by atoms with Crippen molar-refractivity contribution in [3.63, 3.8) is 0 Å². The van der Waals surface area contributed by atoms with Gasteiger partial charge < -0.3 is 15.3 Å². The van der Waals surface area contributed by atoms with Gasteiger partial charge in [0.25, 0.3) is 5.91 Å². The van der Waals surface area contributed by atoms with Crippen LogP contribution in [-0.2, 0) is 9.59 Å². The average Bonchev–Trinajstić information content (AvgIpc) is 2.80. The van der Waals surface area contributed by atoms with E-state index in [1.807, 2.05) is 0 Å². The minimum absolute atomic E-state index is 0.199. The van der Waals surface area contributed by atoms with Gasteiger partial charge in [0.2, 0.25) is 5.91 Å². The van der Waals surface area contributed by atoms with Gasteiger partial charge in [-0.1, -0.05) is 23.2 Å². The summed E-state index contributed by atoms with van der Waals surface area (Å²) >= 11 is 11.8. The lowest BCUT2D eigenvalue weighted by molar-refractivity contribution is -0.150. The first-order chi connectivity index (χ1) is 10.4. The SMILES string of the molecule is O=C1C(NC(=O)C2(O)CCC2)CCN1c1ccc(Cl)c(Cl)c1. The van der Waals surface area contributed by atoms with Gasteiger partial charge in [-0.3, -0.25) is 9.59 Å². The molecule has 1 unspecified atom stereocenters. The van der Waals surface area contributed by atoms with Gasteiger partial charge in [-0.2, -0.15) is 0 Å². The molecule has 0 aromatic heterocycles. The zero-order chi connectivity index (χ0) is 15.9. The number of benzene rings is 1. The number of carbonyl (C=O) groups is 2. The Hall–Kier alpha value is -1.30. The van der Waals surface area contributed by atoms with E-state index in [0.717, 1.165) is 6.42 Å². The molecule has 0 spiro atoms. The monoisotopic (exact) mass is 342 g/mol. The molecule has 3 rings (SSSR count). The van der Waals surface area contributed by atoms with Gasteiger partial charge in [-0.25, -0.2) is 0 Å². The number of hydrogen-bond donors (Lipinski definition) is 2. The lowest BCUT2D eigenvalue weighted by Gasteiger charge is -2.35. The molecule has 2 fully saturated rings. The van der Waals surface area contributed by atoms with Gasteiger partial charge in [0.1, 0.15) is 11.6 Å². The molecule has 7 heteroatoms. The van der Waals surface area contributed by atoms with Crippen molar-refractivity contribution >= 4 is 40.7 Å². The molecule has 2 N–H and O–H groups in total. The maximum atomic E-state index is 12.4. The van der Waals surface area contributed by atoms with E-state index in [1.165, 1.54) is 0 Å². The molecule has 1 saturated carbocycles. The van der Waals surface area contributed by atoms with Crippen molar-refractivity contribution in [2.45, 2.75) is 37.3 Å². The number of nitrogens with one attached hydrogen (secondary N) is 1. The van der Waals surface area contributed by atoms with Crippen LogP contribution < -0.4 is 10.2 Å². The van der Waals surface area contributed by atoms with Crippen LogP contribution in [0.1, 0.15) is 25.7 Å². The number of anilines is 1. The predicted molar refractivity (Wildman–Crippen MR) is 84.2 cm³/mol. The van der Waals surface area contributed by atoms with Crippen molar-refractivity contribution in [3.8, 4) is 0 Å². The maximum absolute atomic E-state index is 12.4. The van der Waals surface area contributed by atoms with E-state index in [2.05, 4.69) is 5.32 Å². The van der Waals surface area contributed by atoms with Crippen LogP contribution in [0.2, 0.25) is 10.0 Å². The zero-order valence-corrected chi connectivity index (χ0v) is 13.3. The third-order valence-electron chi connectivity index (χ3n) is 4.33. The van der Waals surface area contributed by atoms with Gasteiger partial charge in [0.05, 0.1) is 10.0 Å². The number of hydrogen-bond acceptors (Lipinski definition) is 3. The normalized spacial score (nSPS) is 23.3. The first-order valence-electron chi connectivity index (χ1n) is 7.20. The first kappa shape index (κ1) is 15.6. The van der Waals surface area contributed by atoms with E-state index in [0.29, 0.717) is 41.5 Å². The molecule has 1 aromatic carbocycles. The van der Waals surface area contributed by atoms with Crippen molar-refractivity contribution in [3.05, 3.63) is 28.2 Å². The van der Waals surface area contributed by atoms with Crippen LogP contribution in [0.25, 0.3) is 0 Å². The summed E-state index contributed by atoms with van der Waals surface area (Å²) in [6.45, 7) is 0.486. The predicted octanol–water partition coefficient (Wildman–Crippen LogP) is 2.13. The van der Waals surface area contributed by atoms with Crippen molar-refractivity contribution in [2.75, 3.05) is 11.4 Å². The van der Waals surface area contributed by atoms with E-state index >= 15 is 0 Å². The molecule has 1 atom stereocenters. The van der Waals surface area contributed by atoms with Crippen molar-refractivity contribution in [2.24, 2.45) is 0 Å². The fraction of sp³-hybridized carbons (Fsp3) is 0.467. The van der Waals surface area contributed by atoms with E-state index in [9.17, 15) is 14.7 Å². The van der Waals surface area contributed by atoms with Crippen molar-refractivity contribution < 1.29 is 14.7 Å². The highest BCUT2D eigenvalue weighted by molar-refractivity contribution is 6.42. The summed E-state index contributed by atoms with van der Waals surface area (Å²) in [6, 6.07) is 4.38. The van der Waals surface area contributed by atoms with Crippen LogP contribution in [0.5, 0.6) is 0 Å². The summed E-state index contributed by atoms with van der Waals surface area (Å²) in [6.07, 6.45) is 2.24. The first-order valence-corrected chi connectivity index (χ1v) is 7.96. The smallest absolute Gasteiger partial charge is 0.252 e. The standard InChI is InChI=1S/C15H16Cl2N2O3/c16-10-3-2-9(8-11(10)17)19-7-4-12(13(19)20)18-14(21)15(22)5-1-6-15/h2-3,8,12,22H,1,4-7H2,(H,18,21). The van der Waals surface area contributed by atoms with Gasteiger partial charge in [0.15, 0.2) is 0 Å². The Morgan fingerprint density at radius 3 is 2.64 bits per heavy atom. The molecule has 1 heterocycles. The van der Waals surface area contributed by atoms with Crippen molar-refractivity contribution in [1.29, 1.82) is 0 Å². The topological polar surface area (TPSA) is 69.6 Å². The Balaban J connectivity index is 1.69. The summed E-state index contributed by atoms with van der Waals surface area (Å²) in [7, 11) is 0. The number of amides is 2. The van der Waals surface area contributed by atoms with Crippen LogP contribution >= 0.6 is 23.2 Å². The van der Waals surface area contributed by atoms with E-state index in [-0.39, 0.29) is 5.91 Å². The Morgan fingerprint density at radius 2 is 2.05 bits per heavy atom. The molecule has 2 amide bonds. The molecule has 0 bridgehead atoms. The summed E-state index contributed by atoms with van der Waals surface area (Å²) < 4.78 is 0. The molecule has 118 valence electrons. The van der Waals surface area contributed by atoms with Crippen LogP contribution in [0, 0.1) is 0 Å². The zero-order valence-electron chi connectivity index (χ0n) is 11.8. The molecule has 1 aliphatic heterocycles. The number of rotatable bonds is 3. The number of halogens is 2. The fourth-order valence-corrected chi connectivity index (χ4v) is 3.05. The molecule has 1 aliphatic carbocycles. The molecular weight excluding hydrogens is 327 g/mol. The van der Waals surface area contributed by atoms with Crippen LogP contribution in [-0.4, -0.2) is 35.1 Å². The largest absolute Gasteiger partial charge is 0.380 e. The second-order valence-electron chi connectivity index (χ2n) is 5.79. The third kappa shape index (κ3) is 2.69. The minimum Gasteiger partial charge on any atom is -0.380 e. The Labute approximate surface area is 138 Å². The second kappa shape index (κ2) is 5.72. The molecule has 22 heavy (non-hydrogen) atoms. The third-order valence-corrected chi connectivity index (χ3v) is 5.07. The molecule has 5 nitrogen and oxygen atoms in total. The van der Waals surface area contributed by atoms with E-state index in [4.69, 9.17) is 23.2 Å². The van der Waals surface area contributed by atoms with E-state index < -0.39 is 17.6 Å². The molecular formula is C15H16Cl2N2O3. The molecule has 2 aliphatic rings. The average molecular weight is 343 g/mol. The Kier molecular flexibility index (Phi) is 4.05. The van der Waals surface area contributed by atoms with Crippen LogP contribution in [0.3, 0.4) is 0 Å². The van der Waals surface area contributed by atoms with Gasteiger partial charge in [-0.15, -0.1) is 0 Å². The highest BCUT2D eigenvalue weighted by Gasteiger charge is 2.44. The van der Waals surface area contributed by atoms with Gasteiger partial charge >= 0.3 is 0 Å². The highest BCUT2D eigenvalue weighted by atomic mass is 35.5. The number of aliphatic hydroxyl groups is 1. The maximum Gasteiger partial charge on any atom is 0.252 e. The summed E-state index contributed by atoms with van der Waals surface area (Å²) in [5.74, 6) is -0.650. The molecule has 0 radical (unpaired) electrons. The van der Waals surface area contributed by atoms with Gasteiger partial charge in [-0.05, 0) is 43.9 Å². The minimum atomic E-state index is -1.29. The molecule has 1 aromatic rings. The van der Waals surface area contributed by atoms with Gasteiger partial charge in [0, 0.05) is 12.2 Å². The number of carbonyl (C=O) groups excluding carboxylic acids is 2. The summed E-state index contributed by atoms with van der Waals surface area (Å²) in [5, 5.41) is 13.5. The lowest BCUT2D eigenvalue weighted by atomic mass is 9.79. The quantitative estimate of drug-likeness (QED) is 0.883. The summed E-state index contributed by atoms with van der Waals surface area (Å²) in [5.41, 5.74) is -0.643. The second-order valence-corrected chi connectivity index (χ2v) is 6.60. The Morgan fingerprint density at radius 1 is 1.32 bits per heavy atom. The van der Waals surface area contributed by atoms with E-state index in [1.54, 1.807) is 23.1 Å². The van der Waals surface area contributed by atoms with Crippen LogP contribution in [0.4, 0.5) is 5.69 Å². The number of nitrogens with zero attached hydrogens (tertiary/aromatic N) is 1.